The molecule has 0 unspecified atom stereocenters. The summed E-state index contributed by atoms with van der Waals surface area (Å²) in [5.74, 6) is 1.09. The molecule has 0 aliphatic heterocycles. The Hall–Kier alpha value is -0.0400. The first-order valence-corrected chi connectivity index (χ1v) is 4.44. The van der Waals surface area contributed by atoms with E-state index < -0.39 is 0 Å². The lowest BCUT2D eigenvalue weighted by Gasteiger charge is -2.06. The molecule has 0 aromatic rings. The maximum absolute atomic E-state index is 2.26. The van der Waals surface area contributed by atoms with Crippen molar-refractivity contribution in [1.29, 1.82) is 0 Å². The maximum Gasteiger partial charge on any atom is -0.00222 e. The Labute approximate surface area is 65.4 Å². The summed E-state index contributed by atoms with van der Waals surface area (Å²) in [4.78, 5) is 2.26. The summed E-state index contributed by atoms with van der Waals surface area (Å²) < 4.78 is 0. The molecule has 1 nitrogen and oxygen atoms in total. The molecule has 1 heteroatoms. The van der Waals surface area contributed by atoms with Crippen LogP contribution in [-0.4, -0.2) is 25.5 Å². The van der Waals surface area contributed by atoms with Gasteiger partial charge in [-0.3, -0.25) is 0 Å². The molecule has 0 aromatic carbocycles. The molecule has 1 saturated carbocycles. The Kier molecular flexibility index (Phi) is 5.70. The van der Waals surface area contributed by atoms with Gasteiger partial charge >= 0.3 is 0 Å². The fourth-order valence-corrected chi connectivity index (χ4v) is 0.847. The van der Waals surface area contributed by atoms with Crippen molar-refractivity contribution in [2.75, 3.05) is 20.6 Å². The van der Waals surface area contributed by atoms with Gasteiger partial charge in [-0.05, 0) is 33.0 Å². The molecule has 1 rings (SSSR count). The molecule has 1 aliphatic carbocycles. The summed E-state index contributed by atoms with van der Waals surface area (Å²) in [6.45, 7) is 5.28. The van der Waals surface area contributed by atoms with Crippen LogP contribution in [0.4, 0.5) is 0 Å². The second-order valence-electron chi connectivity index (χ2n) is 3.04. The molecule has 0 atom stereocenters. The second-order valence-corrected chi connectivity index (χ2v) is 3.04. The predicted molar refractivity (Wildman–Crippen MR) is 47.2 cm³/mol. The van der Waals surface area contributed by atoms with Crippen LogP contribution < -0.4 is 0 Å². The Morgan fingerprint density at radius 2 is 1.70 bits per heavy atom. The van der Waals surface area contributed by atoms with Crippen molar-refractivity contribution in [2.24, 2.45) is 5.92 Å². The van der Waals surface area contributed by atoms with Gasteiger partial charge in [-0.1, -0.05) is 26.7 Å². The molecule has 10 heavy (non-hydrogen) atoms. The molecule has 0 aromatic heterocycles. The minimum Gasteiger partial charge on any atom is -0.309 e. The van der Waals surface area contributed by atoms with Crippen molar-refractivity contribution < 1.29 is 0 Å². The Morgan fingerprint density at radius 3 is 2.00 bits per heavy atom. The van der Waals surface area contributed by atoms with Crippen molar-refractivity contribution >= 4 is 0 Å². The smallest absolute Gasteiger partial charge is 0.00222 e. The fraction of sp³-hybridized carbons (Fsp3) is 1.00. The van der Waals surface area contributed by atoms with E-state index in [0.29, 0.717) is 0 Å². The van der Waals surface area contributed by atoms with Gasteiger partial charge in [0.25, 0.3) is 0 Å². The van der Waals surface area contributed by atoms with Crippen LogP contribution in [0, 0.1) is 5.92 Å². The summed E-state index contributed by atoms with van der Waals surface area (Å²) >= 11 is 0. The molecule has 1 fully saturated rings. The molecule has 0 amide bonds. The Morgan fingerprint density at radius 1 is 1.20 bits per heavy atom. The summed E-state index contributed by atoms with van der Waals surface area (Å²) in [5.41, 5.74) is 0. The predicted octanol–water partition coefficient (Wildman–Crippen LogP) is 2.37. The highest BCUT2D eigenvalue weighted by Crippen LogP contribution is 2.31. The van der Waals surface area contributed by atoms with Crippen molar-refractivity contribution in [3.8, 4) is 0 Å². The van der Waals surface area contributed by atoms with E-state index in [1.165, 1.54) is 25.8 Å². The first-order valence-electron chi connectivity index (χ1n) is 4.44. The number of rotatable bonds is 3. The SMILES string of the molecule is CC.CN(C)CCC1CC1. The first-order chi connectivity index (χ1) is 4.79. The lowest BCUT2D eigenvalue weighted by molar-refractivity contribution is 0.389. The van der Waals surface area contributed by atoms with Crippen LogP contribution >= 0.6 is 0 Å². The van der Waals surface area contributed by atoms with Crippen molar-refractivity contribution in [3.63, 3.8) is 0 Å². The van der Waals surface area contributed by atoms with E-state index in [1.807, 2.05) is 13.8 Å². The molecule has 0 bridgehead atoms. The third-order valence-electron chi connectivity index (χ3n) is 1.68. The van der Waals surface area contributed by atoms with Gasteiger partial charge in [0.1, 0.15) is 0 Å². The van der Waals surface area contributed by atoms with Crippen LogP contribution in [0.3, 0.4) is 0 Å². The van der Waals surface area contributed by atoms with E-state index >= 15 is 0 Å². The largest absolute Gasteiger partial charge is 0.309 e. The Balaban J connectivity index is 0.000000371. The lowest BCUT2D eigenvalue weighted by atomic mass is 10.3. The van der Waals surface area contributed by atoms with E-state index in [4.69, 9.17) is 0 Å². The average Bonchev–Trinajstić information content (AvgIpc) is 2.70. The molecule has 62 valence electrons. The number of hydrogen-bond acceptors (Lipinski definition) is 1. The number of hydrogen-bond donors (Lipinski definition) is 0. The van der Waals surface area contributed by atoms with E-state index in [0.717, 1.165) is 5.92 Å². The van der Waals surface area contributed by atoms with Gasteiger partial charge in [-0.2, -0.15) is 0 Å². The molecular formula is C9H21N. The number of nitrogens with zero attached hydrogens (tertiary/aromatic N) is 1. The van der Waals surface area contributed by atoms with Gasteiger partial charge in [-0.15, -0.1) is 0 Å². The maximum atomic E-state index is 2.26. The Bertz CT molecular complexity index is 63.1. The topological polar surface area (TPSA) is 3.24 Å². The van der Waals surface area contributed by atoms with E-state index in [1.54, 1.807) is 0 Å². The lowest BCUT2D eigenvalue weighted by Crippen LogP contribution is -2.13. The van der Waals surface area contributed by atoms with Crippen molar-refractivity contribution in [2.45, 2.75) is 33.1 Å². The van der Waals surface area contributed by atoms with Crippen LogP contribution in [0.15, 0.2) is 0 Å². The van der Waals surface area contributed by atoms with E-state index in [2.05, 4.69) is 19.0 Å². The van der Waals surface area contributed by atoms with Crippen molar-refractivity contribution in [1.82, 2.24) is 4.90 Å². The van der Waals surface area contributed by atoms with Gasteiger partial charge in [0, 0.05) is 0 Å². The molecule has 0 saturated heterocycles. The van der Waals surface area contributed by atoms with Crippen LogP contribution in [0.2, 0.25) is 0 Å². The normalized spacial score (nSPS) is 16.5. The molecule has 1 aliphatic rings. The zero-order valence-electron chi connectivity index (χ0n) is 7.85. The zero-order chi connectivity index (χ0) is 7.98. The zero-order valence-corrected chi connectivity index (χ0v) is 7.85. The summed E-state index contributed by atoms with van der Waals surface area (Å²) in [6.07, 6.45) is 4.41. The second kappa shape index (κ2) is 5.72. The summed E-state index contributed by atoms with van der Waals surface area (Å²) in [6, 6.07) is 0. The van der Waals surface area contributed by atoms with Gasteiger partial charge in [0.05, 0.1) is 0 Å². The van der Waals surface area contributed by atoms with Crippen LogP contribution in [0.5, 0.6) is 0 Å². The molecule has 0 heterocycles. The highest BCUT2D eigenvalue weighted by molar-refractivity contribution is 4.73. The fourth-order valence-electron chi connectivity index (χ4n) is 0.847. The highest BCUT2D eigenvalue weighted by atomic mass is 15.0. The van der Waals surface area contributed by atoms with E-state index in [-0.39, 0.29) is 0 Å². The molecule has 0 spiro atoms. The third kappa shape index (κ3) is 6.09. The van der Waals surface area contributed by atoms with Crippen LogP contribution in [0.25, 0.3) is 0 Å². The van der Waals surface area contributed by atoms with Gasteiger partial charge < -0.3 is 4.90 Å². The summed E-state index contributed by atoms with van der Waals surface area (Å²) in [5, 5.41) is 0. The summed E-state index contributed by atoms with van der Waals surface area (Å²) in [7, 11) is 4.28. The van der Waals surface area contributed by atoms with Crippen molar-refractivity contribution in [3.05, 3.63) is 0 Å². The van der Waals surface area contributed by atoms with Gasteiger partial charge in [0.15, 0.2) is 0 Å². The monoisotopic (exact) mass is 143 g/mol. The van der Waals surface area contributed by atoms with E-state index in [9.17, 15) is 0 Å². The average molecular weight is 143 g/mol. The quantitative estimate of drug-likeness (QED) is 0.586. The molecule has 0 radical (unpaired) electrons. The minimum atomic E-state index is 1.09. The minimum absolute atomic E-state index is 1.09. The van der Waals surface area contributed by atoms with Gasteiger partial charge in [-0.25, -0.2) is 0 Å². The standard InChI is InChI=1S/C7H15N.C2H6/c1-8(2)6-5-7-3-4-7;1-2/h7H,3-6H2,1-2H3;1-2H3. The van der Waals surface area contributed by atoms with Crippen LogP contribution in [0.1, 0.15) is 33.1 Å². The third-order valence-corrected chi connectivity index (χ3v) is 1.68. The molecule has 0 N–H and O–H groups in total. The first kappa shape index (κ1) is 9.96. The highest BCUT2D eigenvalue weighted by Gasteiger charge is 2.20. The van der Waals surface area contributed by atoms with Crippen LogP contribution in [-0.2, 0) is 0 Å². The van der Waals surface area contributed by atoms with Gasteiger partial charge in [0.2, 0.25) is 0 Å². The molecular weight excluding hydrogens is 122 g/mol.